The highest BCUT2D eigenvalue weighted by molar-refractivity contribution is 7.98. The maximum absolute atomic E-state index is 12.2. The number of thioether (sulfide) groups is 1. The largest absolute Gasteiger partial charge is 0.394 e. The molecule has 6 nitrogen and oxygen atoms in total. The van der Waals surface area contributed by atoms with Gasteiger partial charge in [-0.3, -0.25) is 9.59 Å². The van der Waals surface area contributed by atoms with E-state index in [0.717, 1.165) is 28.8 Å². The molecule has 1 heterocycles. The minimum Gasteiger partial charge on any atom is -0.394 e. The highest BCUT2D eigenvalue weighted by Crippen LogP contribution is 2.24. The fourth-order valence-corrected chi connectivity index (χ4v) is 3.08. The fourth-order valence-electron chi connectivity index (χ4n) is 2.56. The first-order chi connectivity index (χ1) is 11.5. The van der Waals surface area contributed by atoms with Gasteiger partial charge in [0.15, 0.2) is 0 Å². The lowest BCUT2D eigenvalue weighted by atomic mass is 10.2. The van der Waals surface area contributed by atoms with Crippen LogP contribution in [0.5, 0.6) is 0 Å². The molecule has 130 valence electrons. The van der Waals surface area contributed by atoms with Crippen molar-refractivity contribution in [1.29, 1.82) is 0 Å². The third-order valence-corrected chi connectivity index (χ3v) is 4.34. The second-order valence-electron chi connectivity index (χ2n) is 5.59. The zero-order valence-corrected chi connectivity index (χ0v) is 14.7. The molecule has 7 heteroatoms. The van der Waals surface area contributed by atoms with Gasteiger partial charge in [-0.1, -0.05) is 6.07 Å². The smallest absolute Gasteiger partial charge is 0.240 e. The van der Waals surface area contributed by atoms with Crippen molar-refractivity contribution in [3.8, 4) is 0 Å². The minimum absolute atomic E-state index is 0.0641. The van der Waals surface area contributed by atoms with Crippen LogP contribution in [0.1, 0.15) is 13.3 Å². The predicted molar refractivity (Wildman–Crippen MR) is 98.3 cm³/mol. The van der Waals surface area contributed by atoms with Crippen molar-refractivity contribution in [2.24, 2.45) is 0 Å². The Balaban J connectivity index is 2.09. The Morgan fingerprint density at radius 1 is 1.33 bits per heavy atom. The van der Waals surface area contributed by atoms with Crippen molar-refractivity contribution in [3.63, 3.8) is 0 Å². The predicted octanol–water partition coefficient (Wildman–Crippen LogP) is 1.83. The molecule has 0 bridgehead atoms. The van der Waals surface area contributed by atoms with Crippen LogP contribution in [0.3, 0.4) is 0 Å². The molecule has 0 radical (unpaired) electrons. The Hall–Kier alpha value is -1.99. The van der Waals surface area contributed by atoms with Crippen molar-refractivity contribution in [2.45, 2.75) is 25.9 Å². The van der Waals surface area contributed by atoms with Crippen molar-refractivity contribution >= 4 is 40.2 Å². The van der Waals surface area contributed by atoms with E-state index in [9.17, 15) is 14.7 Å². The number of aliphatic hydroxyl groups excluding tert-OH is 1. The summed E-state index contributed by atoms with van der Waals surface area (Å²) in [5, 5.41) is 15.9. The first kappa shape index (κ1) is 18.4. The number of aliphatic hydroxyl groups is 1. The number of nitrogens with one attached hydrogen (secondary N) is 2. The lowest BCUT2D eigenvalue weighted by Gasteiger charge is -2.16. The Labute approximate surface area is 145 Å². The topological polar surface area (TPSA) is 83.4 Å². The number of hydrogen-bond acceptors (Lipinski definition) is 4. The summed E-state index contributed by atoms with van der Waals surface area (Å²) in [6.45, 7) is 1.57. The molecule has 0 fully saturated rings. The van der Waals surface area contributed by atoms with Gasteiger partial charge >= 0.3 is 0 Å². The number of benzene rings is 1. The molecular formula is C17H23N3O3S. The van der Waals surface area contributed by atoms with Gasteiger partial charge < -0.3 is 20.3 Å². The average Bonchev–Trinajstić information content (AvgIpc) is 2.95. The van der Waals surface area contributed by atoms with Crippen LogP contribution >= 0.6 is 11.8 Å². The van der Waals surface area contributed by atoms with Crippen LogP contribution in [0.15, 0.2) is 30.5 Å². The number of amides is 2. The van der Waals surface area contributed by atoms with Crippen LogP contribution < -0.4 is 10.6 Å². The quantitative estimate of drug-likeness (QED) is 0.679. The average molecular weight is 349 g/mol. The molecule has 1 aromatic carbocycles. The van der Waals surface area contributed by atoms with E-state index in [1.165, 1.54) is 6.92 Å². The van der Waals surface area contributed by atoms with Crippen LogP contribution in [0.25, 0.3) is 10.9 Å². The number of carbonyl (C=O) groups excluding carboxylic acids is 2. The summed E-state index contributed by atoms with van der Waals surface area (Å²) in [7, 11) is 0. The van der Waals surface area contributed by atoms with Gasteiger partial charge in [0.2, 0.25) is 11.8 Å². The summed E-state index contributed by atoms with van der Waals surface area (Å²) in [6, 6.07) is 7.24. The van der Waals surface area contributed by atoms with Gasteiger partial charge in [0.25, 0.3) is 0 Å². The molecule has 1 atom stereocenters. The van der Waals surface area contributed by atoms with Crippen molar-refractivity contribution in [2.75, 3.05) is 23.9 Å². The number of aromatic nitrogens is 1. The van der Waals surface area contributed by atoms with Crippen molar-refractivity contribution < 1.29 is 14.7 Å². The molecule has 0 saturated heterocycles. The van der Waals surface area contributed by atoms with Crippen LogP contribution in [0.2, 0.25) is 0 Å². The molecule has 2 amide bonds. The highest BCUT2D eigenvalue weighted by atomic mass is 32.2. The third kappa shape index (κ3) is 4.75. The Bertz CT molecular complexity index is 714. The minimum atomic E-state index is -0.221. The zero-order chi connectivity index (χ0) is 17.5. The van der Waals surface area contributed by atoms with Crippen molar-refractivity contribution in [1.82, 2.24) is 9.88 Å². The van der Waals surface area contributed by atoms with Gasteiger partial charge in [-0.2, -0.15) is 11.8 Å². The third-order valence-electron chi connectivity index (χ3n) is 3.69. The normalized spacial score (nSPS) is 12.1. The summed E-state index contributed by atoms with van der Waals surface area (Å²) in [5.74, 6) is 0.614. The van der Waals surface area contributed by atoms with E-state index in [2.05, 4.69) is 10.6 Å². The van der Waals surface area contributed by atoms with Gasteiger partial charge in [0, 0.05) is 18.5 Å². The molecule has 0 aliphatic carbocycles. The molecule has 0 saturated carbocycles. The SMILES string of the molecule is CSCC[C@@H](CO)NC(=O)Cn1ccc2c(NC(C)=O)cccc21. The summed E-state index contributed by atoms with van der Waals surface area (Å²) in [6.07, 6.45) is 4.56. The molecule has 3 N–H and O–H groups in total. The van der Waals surface area contributed by atoms with E-state index in [1.54, 1.807) is 11.8 Å². The second-order valence-corrected chi connectivity index (χ2v) is 6.58. The maximum Gasteiger partial charge on any atom is 0.240 e. The molecule has 0 aliphatic heterocycles. The van der Waals surface area contributed by atoms with E-state index in [-0.39, 0.29) is 31.0 Å². The lowest BCUT2D eigenvalue weighted by Crippen LogP contribution is -2.39. The summed E-state index contributed by atoms with van der Waals surface area (Å²) in [5.41, 5.74) is 1.61. The van der Waals surface area contributed by atoms with Crippen molar-refractivity contribution in [3.05, 3.63) is 30.5 Å². The molecule has 24 heavy (non-hydrogen) atoms. The van der Waals surface area contributed by atoms with Crippen LogP contribution in [0.4, 0.5) is 5.69 Å². The van der Waals surface area contributed by atoms with Gasteiger partial charge in [-0.15, -0.1) is 0 Å². The van der Waals surface area contributed by atoms with E-state index >= 15 is 0 Å². The van der Waals surface area contributed by atoms with Crippen LogP contribution in [0, 0.1) is 0 Å². The summed E-state index contributed by atoms with van der Waals surface area (Å²) in [4.78, 5) is 23.5. The number of rotatable bonds is 8. The zero-order valence-electron chi connectivity index (χ0n) is 13.9. The summed E-state index contributed by atoms with van der Waals surface area (Å²) >= 11 is 1.68. The van der Waals surface area contributed by atoms with E-state index in [1.807, 2.05) is 41.3 Å². The van der Waals surface area contributed by atoms with Gasteiger partial charge in [-0.05, 0) is 36.6 Å². The number of carbonyl (C=O) groups is 2. The molecular weight excluding hydrogens is 326 g/mol. The monoisotopic (exact) mass is 349 g/mol. The first-order valence-electron chi connectivity index (χ1n) is 7.79. The standard InChI is InChI=1S/C17H23N3O3S/c1-12(22)18-15-4-3-5-16-14(15)6-8-20(16)10-17(23)19-13(11-21)7-9-24-2/h3-6,8,13,21H,7,9-11H2,1-2H3,(H,18,22)(H,19,23)/t13-/m0/s1. The number of nitrogens with zero attached hydrogens (tertiary/aromatic N) is 1. The van der Waals surface area contributed by atoms with Gasteiger partial charge in [0.05, 0.1) is 23.9 Å². The first-order valence-corrected chi connectivity index (χ1v) is 9.19. The van der Waals surface area contributed by atoms with Crippen LogP contribution in [-0.2, 0) is 16.1 Å². The highest BCUT2D eigenvalue weighted by Gasteiger charge is 2.13. The molecule has 1 aromatic heterocycles. The van der Waals surface area contributed by atoms with E-state index in [0.29, 0.717) is 0 Å². The molecule has 2 rings (SSSR count). The molecule has 2 aromatic rings. The van der Waals surface area contributed by atoms with E-state index < -0.39 is 0 Å². The van der Waals surface area contributed by atoms with Gasteiger partial charge in [-0.25, -0.2) is 0 Å². The fraction of sp³-hybridized carbons (Fsp3) is 0.412. The molecule has 0 spiro atoms. The van der Waals surface area contributed by atoms with Crippen LogP contribution in [-0.4, -0.2) is 46.1 Å². The molecule has 0 aliphatic rings. The Morgan fingerprint density at radius 3 is 2.79 bits per heavy atom. The number of anilines is 1. The van der Waals surface area contributed by atoms with E-state index in [4.69, 9.17) is 0 Å². The Morgan fingerprint density at radius 2 is 2.12 bits per heavy atom. The number of fused-ring (bicyclic) bond motifs is 1. The Kier molecular flexibility index (Phi) is 6.69. The summed E-state index contributed by atoms with van der Waals surface area (Å²) < 4.78 is 1.83. The van der Waals surface area contributed by atoms with Gasteiger partial charge in [0.1, 0.15) is 6.54 Å². The lowest BCUT2D eigenvalue weighted by molar-refractivity contribution is -0.122. The molecule has 0 unspecified atom stereocenters. The number of hydrogen-bond donors (Lipinski definition) is 3. The maximum atomic E-state index is 12.2. The second kappa shape index (κ2) is 8.75.